The van der Waals surface area contributed by atoms with Crippen molar-refractivity contribution in [3.8, 4) is 17.2 Å². The van der Waals surface area contributed by atoms with E-state index in [4.69, 9.17) is 9.47 Å². The van der Waals surface area contributed by atoms with Crippen LogP contribution in [0, 0.1) is 0 Å². The smallest absolute Gasteiger partial charge is 0.255 e. The maximum atomic E-state index is 12.8. The third-order valence-corrected chi connectivity index (χ3v) is 5.56. The quantitative estimate of drug-likeness (QED) is 0.218. The number of rotatable bonds is 10. The molecule has 4 rings (SSSR count). The van der Waals surface area contributed by atoms with Crippen LogP contribution in [0.15, 0.2) is 110 Å². The summed E-state index contributed by atoms with van der Waals surface area (Å²) in [6.07, 6.45) is 2.39. The van der Waals surface area contributed by atoms with Crippen molar-refractivity contribution in [3.05, 3.63) is 126 Å². The van der Waals surface area contributed by atoms with E-state index in [-0.39, 0.29) is 17.9 Å². The highest BCUT2D eigenvalue weighted by Crippen LogP contribution is 2.28. The van der Waals surface area contributed by atoms with E-state index in [1.807, 2.05) is 44.2 Å². The average Bonchev–Trinajstić information content (AvgIpc) is 2.92. The molecule has 0 saturated carbocycles. The Bertz CT molecular complexity index is 1400. The topological polar surface area (TPSA) is 76.7 Å². The summed E-state index contributed by atoms with van der Waals surface area (Å²) in [5.74, 6) is 1.57. The van der Waals surface area contributed by atoms with Gasteiger partial charge in [0.15, 0.2) is 0 Å². The zero-order valence-corrected chi connectivity index (χ0v) is 21.4. The van der Waals surface area contributed by atoms with Gasteiger partial charge in [0.25, 0.3) is 11.8 Å². The maximum absolute atomic E-state index is 12.8. The van der Waals surface area contributed by atoms with Gasteiger partial charge in [0.05, 0.1) is 6.10 Å². The molecule has 38 heavy (non-hydrogen) atoms. The second kappa shape index (κ2) is 12.4. The van der Waals surface area contributed by atoms with Crippen molar-refractivity contribution in [3.63, 3.8) is 0 Å². The SMILES string of the molecule is C=CCc1cc(Oc2ccc(NC(=O)c3ccccc3)cc2)ccc1NC(=O)c1ccc(OC(C)C)cc1. The number of carbonyl (C=O) groups excluding carboxylic acids is 2. The summed E-state index contributed by atoms with van der Waals surface area (Å²) in [5.41, 5.74) is 3.35. The van der Waals surface area contributed by atoms with Gasteiger partial charge in [-0.3, -0.25) is 9.59 Å². The normalized spacial score (nSPS) is 10.5. The number of benzene rings is 4. The molecule has 6 nitrogen and oxygen atoms in total. The van der Waals surface area contributed by atoms with Gasteiger partial charge in [-0.2, -0.15) is 0 Å². The molecule has 0 aliphatic carbocycles. The number of amides is 2. The minimum Gasteiger partial charge on any atom is -0.491 e. The molecule has 0 atom stereocenters. The van der Waals surface area contributed by atoms with Crippen LogP contribution >= 0.6 is 0 Å². The third-order valence-electron chi connectivity index (χ3n) is 5.56. The summed E-state index contributed by atoms with van der Waals surface area (Å²) in [6, 6.07) is 28.7. The molecule has 6 heteroatoms. The zero-order chi connectivity index (χ0) is 26.9. The molecule has 0 spiro atoms. The van der Waals surface area contributed by atoms with Crippen LogP contribution in [0.5, 0.6) is 17.2 Å². The Hall–Kier alpha value is -4.84. The largest absolute Gasteiger partial charge is 0.491 e. The molecule has 0 aromatic heterocycles. The van der Waals surface area contributed by atoms with Crippen LogP contribution in [0.2, 0.25) is 0 Å². The second-order valence-electron chi connectivity index (χ2n) is 8.90. The van der Waals surface area contributed by atoms with Crippen molar-refractivity contribution >= 4 is 23.2 Å². The molecule has 192 valence electrons. The van der Waals surface area contributed by atoms with Crippen LogP contribution in [0.1, 0.15) is 40.1 Å². The highest BCUT2D eigenvalue weighted by molar-refractivity contribution is 6.05. The van der Waals surface area contributed by atoms with Crippen LogP contribution in [0.25, 0.3) is 0 Å². The molecule has 2 amide bonds. The summed E-state index contributed by atoms with van der Waals surface area (Å²) in [5, 5.41) is 5.85. The zero-order valence-electron chi connectivity index (χ0n) is 21.4. The van der Waals surface area contributed by atoms with E-state index < -0.39 is 0 Å². The fraction of sp³-hybridized carbons (Fsp3) is 0.125. The second-order valence-corrected chi connectivity index (χ2v) is 8.90. The average molecular weight is 507 g/mol. The molecule has 0 aliphatic heterocycles. The van der Waals surface area contributed by atoms with Crippen LogP contribution < -0.4 is 20.1 Å². The molecule has 0 unspecified atom stereocenters. The van der Waals surface area contributed by atoms with E-state index in [1.54, 1.807) is 72.8 Å². The molecule has 4 aromatic rings. The fourth-order valence-electron chi connectivity index (χ4n) is 3.77. The highest BCUT2D eigenvalue weighted by Gasteiger charge is 2.12. The van der Waals surface area contributed by atoms with Gasteiger partial charge in [-0.1, -0.05) is 24.3 Å². The first-order valence-corrected chi connectivity index (χ1v) is 12.4. The van der Waals surface area contributed by atoms with Gasteiger partial charge in [-0.15, -0.1) is 6.58 Å². The number of anilines is 2. The summed E-state index contributed by atoms with van der Waals surface area (Å²) >= 11 is 0. The van der Waals surface area contributed by atoms with E-state index >= 15 is 0 Å². The predicted octanol–water partition coefficient (Wildman–Crippen LogP) is 7.50. The Morgan fingerprint density at radius 1 is 0.763 bits per heavy atom. The Morgan fingerprint density at radius 3 is 2.03 bits per heavy atom. The van der Waals surface area contributed by atoms with Gasteiger partial charge in [0, 0.05) is 22.5 Å². The summed E-state index contributed by atoms with van der Waals surface area (Å²) in [6.45, 7) is 7.74. The summed E-state index contributed by atoms with van der Waals surface area (Å²) in [7, 11) is 0. The third kappa shape index (κ3) is 7.11. The summed E-state index contributed by atoms with van der Waals surface area (Å²) < 4.78 is 11.7. The van der Waals surface area contributed by atoms with E-state index in [0.29, 0.717) is 40.4 Å². The molecule has 0 aliphatic rings. The lowest BCUT2D eigenvalue weighted by Crippen LogP contribution is -2.13. The number of ether oxygens (including phenoxy) is 2. The Labute approximate surface area is 222 Å². The molecule has 0 fully saturated rings. The first-order chi connectivity index (χ1) is 18.4. The van der Waals surface area contributed by atoms with Crippen LogP contribution in [-0.4, -0.2) is 17.9 Å². The van der Waals surface area contributed by atoms with Crippen LogP contribution in [-0.2, 0) is 6.42 Å². The number of nitrogens with one attached hydrogen (secondary N) is 2. The van der Waals surface area contributed by atoms with E-state index in [9.17, 15) is 9.59 Å². The number of carbonyl (C=O) groups is 2. The molecule has 0 radical (unpaired) electrons. The Kier molecular flexibility index (Phi) is 8.57. The van der Waals surface area contributed by atoms with Gasteiger partial charge in [0.1, 0.15) is 17.2 Å². The van der Waals surface area contributed by atoms with E-state index in [1.165, 1.54) is 0 Å². The predicted molar refractivity (Wildman–Crippen MR) is 151 cm³/mol. The lowest BCUT2D eigenvalue weighted by molar-refractivity contribution is 0.101. The van der Waals surface area contributed by atoms with Crippen LogP contribution in [0.3, 0.4) is 0 Å². The van der Waals surface area contributed by atoms with Gasteiger partial charge in [-0.05, 0) is 105 Å². The van der Waals surface area contributed by atoms with Gasteiger partial charge in [-0.25, -0.2) is 0 Å². The number of allylic oxidation sites excluding steroid dienone is 1. The lowest BCUT2D eigenvalue weighted by atomic mass is 10.1. The fourth-order valence-corrected chi connectivity index (χ4v) is 3.77. The van der Waals surface area contributed by atoms with E-state index in [2.05, 4.69) is 17.2 Å². The molecule has 4 aromatic carbocycles. The Balaban J connectivity index is 1.41. The van der Waals surface area contributed by atoms with Crippen molar-refractivity contribution in [1.29, 1.82) is 0 Å². The van der Waals surface area contributed by atoms with Crippen molar-refractivity contribution in [2.45, 2.75) is 26.4 Å². The maximum Gasteiger partial charge on any atom is 0.255 e. The van der Waals surface area contributed by atoms with Crippen LogP contribution in [0.4, 0.5) is 11.4 Å². The van der Waals surface area contributed by atoms with E-state index in [0.717, 1.165) is 11.3 Å². The molecular weight excluding hydrogens is 476 g/mol. The lowest BCUT2D eigenvalue weighted by Gasteiger charge is -2.14. The molecule has 0 heterocycles. The highest BCUT2D eigenvalue weighted by atomic mass is 16.5. The first-order valence-electron chi connectivity index (χ1n) is 12.4. The first kappa shape index (κ1) is 26.2. The molecule has 0 bridgehead atoms. The summed E-state index contributed by atoms with van der Waals surface area (Å²) in [4.78, 5) is 25.2. The van der Waals surface area contributed by atoms with Crippen molar-refractivity contribution in [1.82, 2.24) is 0 Å². The van der Waals surface area contributed by atoms with Gasteiger partial charge < -0.3 is 20.1 Å². The minimum atomic E-state index is -0.215. The minimum absolute atomic E-state index is 0.0651. The van der Waals surface area contributed by atoms with Crippen molar-refractivity contribution in [2.24, 2.45) is 0 Å². The Morgan fingerprint density at radius 2 is 1.37 bits per heavy atom. The molecular formula is C32H30N2O4. The number of hydrogen-bond acceptors (Lipinski definition) is 4. The molecule has 2 N–H and O–H groups in total. The van der Waals surface area contributed by atoms with Gasteiger partial charge >= 0.3 is 0 Å². The van der Waals surface area contributed by atoms with Crippen molar-refractivity contribution < 1.29 is 19.1 Å². The standard InChI is InChI=1S/C32H30N2O4/c1-4-8-25-21-29(19-20-30(25)34-32(36)24-11-15-27(16-12-24)37-22(2)3)38-28-17-13-26(14-18-28)33-31(35)23-9-6-5-7-10-23/h4-7,9-22H,1,8H2,2-3H3,(H,33,35)(H,34,36). The molecule has 0 saturated heterocycles. The number of hydrogen-bond donors (Lipinski definition) is 2. The van der Waals surface area contributed by atoms with Crippen molar-refractivity contribution in [2.75, 3.05) is 10.6 Å². The van der Waals surface area contributed by atoms with Gasteiger partial charge in [0.2, 0.25) is 0 Å². The monoisotopic (exact) mass is 506 g/mol.